The lowest BCUT2D eigenvalue weighted by atomic mass is 9.71. The second-order valence-electron chi connectivity index (χ2n) is 13.9. The zero-order valence-corrected chi connectivity index (χ0v) is 28.8. The van der Waals surface area contributed by atoms with Gasteiger partial charge in [0, 0.05) is 42.4 Å². The standard InChI is InChI=1S/C35H40N8O2S.CH2O2/c1-35(2,3)27-9-10-28-25(17-27)16-26-18-30(46-34(26)38-28)33(45)37-29(13-15-43-14-12-24(20-43)32-39-41-42-40-32)22-6-4-21(5-7-22)23-8-11-31(44)36-19-23;2-1-3/h4-8,11,16,18-19,24,27,29H,9-10,12-15,17,20H2,1-3H3,(H,36,44)(H,37,45)(H,39,40,41,42);1H,(H,2,3)/t24?,27-,29+;/m0./s1. The van der Waals surface area contributed by atoms with E-state index in [2.05, 4.69) is 74.8 Å². The van der Waals surface area contributed by atoms with Crippen molar-refractivity contribution in [1.29, 1.82) is 0 Å². The number of aromatic amines is 2. The number of nitrogens with zero attached hydrogens (tertiary/aromatic N) is 5. The van der Waals surface area contributed by atoms with Gasteiger partial charge in [-0.2, -0.15) is 5.21 Å². The lowest BCUT2D eigenvalue weighted by Gasteiger charge is -2.34. The smallest absolute Gasteiger partial charge is 0.290 e. The summed E-state index contributed by atoms with van der Waals surface area (Å²) in [7, 11) is 0. The molecule has 49 heavy (non-hydrogen) atoms. The summed E-state index contributed by atoms with van der Waals surface area (Å²) in [6.45, 7) is 9.38. The van der Waals surface area contributed by atoms with Crippen molar-refractivity contribution in [2.24, 2.45) is 11.3 Å². The lowest BCUT2D eigenvalue weighted by molar-refractivity contribution is -0.122. The molecule has 1 aromatic carbocycles. The molecule has 5 heterocycles. The van der Waals surface area contributed by atoms with E-state index in [9.17, 15) is 9.59 Å². The largest absolute Gasteiger partial charge is 0.483 e. The molecule has 256 valence electrons. The fourth-order valence-electron chi connectivity index (χ4n) is 6.92. The van der Waals surface area contributed by atoms with Crippen molar-refractivity contribution in [3.8, 4) is 11.1 Å². The number of tetrazole rings is 1. The number of H-pyrrole nitrogens is 2. The Hall–Kier alpha value is -4.75. The number of benzene rings is 1. The van der Waals surface area contributed by atoms with Crippen molar-refractivity contribution in [3.63, 3.8) is 0 Å². The molecule has 0 saturated carbocycles. The Morgan fingerprint density at radius 1 is 1.14 bits per heavy atom. The highest BCUT2D eigenvalue weighted by Crippen LogP contribution is 2.38. The number of nitrogens with one attached hydrogen (secondary N) is 3. The number of carboxylic acid groups (broad SMARTS) is 1. The van der Waals surface area contributed by atoms with Gasteiger partial charge in [-0.3, -0.25) is 14.4 Å². The van der Waals surface area contributed by atoms with E-state index in [1.54, 1.807) is 6.20 Å². The maximum absolute atomic E-state index is 13.8. The van der Waals surface area contributed by atoms with Crippen LogP contribution < -0.4 is 10.9 Å². The molecule has 1 saturated heterocycles. The fraction of sp³-hybridized carbons (Fsp3) is 0.417. The first-order valence-electron chi connectivity index (χ1n) is 16.7. The number of hydrogen-bond donors (Lipinski definition) is 4. The summed E-state index contributed by atoms with van der Waals surface area (Å²) in [5.74, 6) is 1.59. The Balaban J connectivity index is 0.00000134. The lowest BCUT2D eigenvalue weighted by Crippen LogP contribution is -2.32. The van der Waals surface area contributed by atoms with Gasteiger partial charge in [-0.25, -0.2) is 4.98 Å². The number of carbonyl (C=O) groups excluding carboxylic acids is 1. The molecule has 1 unspecified atom stereocenters. The highest BCUT2D eigenvalue weighted by atomic mass is 32.1. The number of amides is 1. The second kappa shape index (κ2) is 14.8. The minimum absolute atomic E-state index is 0.0747. The Labute approximate surface area is 288 Å². The predicted molar refractivity (Wildman–Crippen MR) is 189 cm³/mol. The molecule has 12 nitrogen and oxygen atoms in total. The average molecular weight is 683 g/mol. The number of hydrogen-bond acceptors (Lipinski definition) is 9. The van der Waals surface area contributed by atoms with E-state index in [4.69, 9.17) is 14.9 Å². The molecule has 1 aliphatic carbocycles. The van der Waals surface area contributed by atoms with Crippen LogP contribution in [0.25, 0.3) is 21.3 Å². The number of likely N-dealkylation sites (tertiary alicyclic amines) is 1. The van der Waals surface area contributed by atoms with Gasteiger partial charge >= 0.3 is 0 Å². The molecular formula is C36H42N8O4S. The van der Waals surface area contributed by atoms with Gasteiger partial charge in [0.05, 0.1) is 10.9 Å². The number of rotatable bonds is 8. The van der Waals surface area contributed by atoms with Crippen molar-refractivity contribution in [3.05, 3.63) is 92.6 Å². The van der Waals surface area contributed by atoms with Crippen LogP contribution in [0, 0.1) is 11.3 Å². The van der Waals surface area contributed by atoms with Crippen LogP contribution in [0.5, 0.6) is 0 Å². The highest BCUT2D eigenvalue weighted by molar-refractivity contribution is 7.20. The topological polar surface area (TPSA) is 170 Å². The molecule has 1 amide bonds. The first-order valence-corrected chi connectivity index (χ1v) is 17.5. The summed E-state index contributed by atoms with van der Waals surface area (Å²) in [6, 6.07) is 15.7. The van der Waals surface area contributed by atoms with E-state index < -0.39 is 0 Å². The van der Waals surface area contributed by atoms with E-state index in [-0.39, 0.29) is 35.3 Å². The van der Waals surface area contributed by atoms with Crippen LogP contribution in [-0.2, 0) is 17.6 Å². The van der Waals surface area contributed by atoms with E-state index in [0.717, 1.165) is 84.5 Å². The van der Waals surface area contributed by atoms with Gasteiger partial charge in [0.1, 0.15) is 4.83 Å². The third-order valence-electron chi connectivity index (χ3n) is 9.79. The average Bonchev–Trinajstić information content (AvgIpc) is 3.87. The number of thiophene rings is 1. The molecule has 0 spiro atoms. The third-order valence-corrected chi connectivity index (χ3v) is 10.8. The molecule has 2 aliphatic rings. The first-order chi connectivity index (χ1) is 23.6. The predicted octanol–water partition coefficient (Wildman–Crippen LogP) is 5.37. The van der Waals surface area contributed by atoms with Crippen molar-refractivity contribution < 1.29 is 14.7 Å². The molecule has 5 aromatic rings. The fourth-order valence-corrected chi connectivity index (χ4v) is 7.86. The van der Waals surface area contributed by atoms with Crippen molar-refractivity contribution >= 4 is 33.9 Å². The molecule has 0 bridgehead atoms. The Morgan fingerprint density at radius 2 is 1.92 bits per heavy atom. The quantitative estimate of drug-likeness (QED) is 0.157. The van der Waals surface area contributed by atoms with Gasteiger partial charge in [0.15, 0.2) is 5.82 Å². The second-order valence-corrected chi connectivity index (χ2v) is 15.0. The molecule has 4 N–H and O–H groups in total. The summed E-state index contributed by atoms with van der Waals surface area (Å²) in [5.41, 5.74) is 5.63. The number of fused-ring (bicyclic) bond motifs is 2. The number of pyridine rings is 2. The van der Waals surface area contributed by atoms with Gasteiger partial charge in [-0.05, 0) is 90.4 Å². The zero-order valence-electron chi connectivity index (χ0n) is 28.0. The SMILES string of the molecule is CC(C)(C)[C@H]1CCc2nc3sc(C(=O)N[C@H](CCN4CCC(c5nn[nH]n5)C4)c4ccc(-c5ccc(=O)[nH]c5)cc4)cc3cc2C1.O=CO. The van der Waals surface area contributed by atoms with Crippen molar-refractivity contribution in [2.45, 2.75) is 64.8 Å². The maximum atomic E-state index is 13.8. The molecule has 13 heteroatoms. The van der Waals surface area contributed by atoms with Gasteiger partial charge in [-0.15, -0.1) is 21.5 Å². The van der Waals surface area contributed by atoms with Gasteiger partial charge < -0.3 is 20.3 Å². The minimum Gasteiger partial charge on any atom is -0.483 e. The summed E-state index contributed by atoms with van der Waals surface area (Å²) in [5, 5.41) is 26.0. The van der Waals surface area contributed by atoms with Crippen molar-refractivity contribution in [1.82, 2.24) is 40.8 Å². The summed E-state index contributed by atoms with van der Waals surface area (Å²) in [4.78, 5) is 45.5. The minimum atomic E-state index is -0.250. The Kier molecular flexibility index (Phi) is 10.3. The normalized spacial score (nSPS) is 18.3. The van der Waals surface area contributed by atoms with Gasteiger partial charge in [0.25, 0.3) is 12.4 Å². The van der Waals surface area contributed by atoms with E-state index in [1.165, 1.54) is 28.7 Å². The number of aryl methyl sites for hydroxylation is 1. The van der Waals surface area contributed by atoms with Crippen LogP contribution in [0.3, 0.4) is 0 Å². The van der Waals surface area contributed by atoms with E-state index >= 15 is 0 Å². The number of aromatic nitrogens is 6. The molecular weight excluding hydrogens is 641 g/mol. The summed E-state index contributed by atoms with van der Waals surface area (Å²) >= 11 is 1.48. The van der Waals surface area contributed by atoms with Crippen molar-refractivity contribution in [2.75, 3.05) is 19.6 Å². The molecule has 1 fully saturated rings. The molecule has 1 aliphatic heterocycles. The van der Waals surface area contributed by atoms with Crippen LogP contribution >= 0.6 is 11.3 Å². The third kappa shape index (κ3) is 8.11. The van der Waals surface area contributed by atoms with Crippen LogP contribution in [0.15, 0.2) is 59.5 Å². The molecule has 4 aromatic heterocycles. The van der Waals surface area contributed by atoms with Crippen LogP contribution in [-0.4, -0.2) is 72.6 Å². The maximum Gasteiger partial charge on any atom is 0.290 e. The van der Waals surface area contributed by atoms with Gasteiger partial charge in [0.2, 0.25) is 5.56 Å². The monoisotopic (exact) mass is 682 g/mol. The Bertz CT molecular complexity index is 1930. The summed E-state index contributed by atoms with van der Waals surface area (Å²) in [6.07, 6.45) is 6.66. The zero-order chi connectivity index (χ0) is 34.5. The van der Waals surface area contributed by atoms with Crippen LogP contribution in [0.2, 0.25) is 0 Å². The number of carbonyl (C=O) groups is 2. The first kappa shape index (κ1) is 34.1. The van der Waals surface area contributed by atoms with E-state index in [0.29, 0.717) is 10.8 Å². The summed E-state index contributed by atoms with van der Waals surface area (Å²) < 4.78 is 0. The molecule has 0 radical (unpaired) electrons. The van der Waals surface area contributed by atoms with Crippen LogP contribution in [0.4, 0.5) is 0 Å². The Morgan fingerprint density at radius 3 is 2.61 bits per heavy atom. The highest BCUT2D eigenvalue weighted by Gasteiger charge is 2.30. The molecule has 7 rings (SSSR count). The van der Waals surface area contributed by atoms with Gasteiger partial charge in [-0.1, -0.05) is 50.3 Å². The van der Waals surface area contributed by atoms with E-state index in [1.807, 2.05) is 24.3 Å². The molecule has 3 atom stereocenters. The van der Waals surface area contributed by atoms with Crippen LogP contribution in [0.1, 0.15) is 84.3 Å².